The van der Waals surface area contributed by atoms with Crippen LogP contribution in [0.2, 0.25) is 0 Å². The molecule has 0 fully saturated rings. The van der Waals surface area contributed by atoms with Crippen LogP contribution in [0.5, 0.6) is 0 Å². The van der Waals surface area contributed by atoms with E-state index in [9.17, 15) is 0 Å². The average molecular weight is 200 g/mol. The van der Waals surface area contributed by atoms with E-state index in [0.717, 1.165) is 0 Å². The molecule has 0 spiro atoms. The van der Waals surface area contributed by atoms with Crippen LogP contribution in [0.25, 0.3) is 0 Å². The van der Waals surface area contributed by atoms with E-state index in [1.54, 1.807) is 11.1 Å². The third kappa shape index (κ3) is 1.62. The van der Waals surface area contributed by atoms with Crippen molar-refractivity contribution in [3.05, 3.63) is 46.5 Å². The molecule has 0 N–H and O–H groups in total. The Morgan fingerprint density at radius 3 is 2.07 bits per heavy atom. The maximum atomic E-state index is 2.38. The van der Waals surface area contributed by atoms with Gasteiger partial charge in [-0.05, 0) is 39.2 Å². The molecule has 0 aromatic heterocycles. The molecule has 0 radical (unpaired) electrons. The zero-order valence-electron chi connectivity index (χ0n) is 10.2. The molecule has 1 aliphatic carbocycles. The molecule has 0 amide bonds. The molecular weight excluding hydrogens is 180 g/mol. The first-order valence-electron chi connectivity index (χ1n) is 5.78. The lowest BCUT2D eigenvalue weighted by Crippen LogP contribution is -2.19. The van der Waals surface area contributed by atoms with Crippen molar-refractivity contribution >= 4 is 0 Å². The largest absolute Gasteiger partial charge is 0.0735 e. The first kappa shape index (κ1) is 10.5. The Morgan fingerprint density at radius 2 is 1.60 bits per heavy atom. The van der Waals surface area contributed by atoms with Crippen molar-refractivity contribution < 1.29 is 0 Å². The average Bonchev–Trinajstić information content (AvgIpc) is 2.48. The normalized spacial score (nSPS) is 26.1. The van der Waals surface area contributed by atoms with Gasteiger partial charge in [0, 0.05) is 5.41 Å². The summed E-state index contributed by atoms with van der Waals surface area (Å²) in [6.45, 7) is 9.09. The van der Waals surface area contributed by atoms with E-state index < -0.39 is 0 Å². The van der Waals surface area contributed by atoms with Crippen LogP contribution in [0.3, 0.4) is 0 Å². The highest BCUT2D eigenvalue weighted by Gasteiger charge is 2.33. The smallest absolute Gasteiger partial charge is 0.0136 e. The van der Waals surface area contributed by atoms with E-state index >= 15 is 0 Å². The van der Waals surface area contributed by atoms with Gasteiger partial charge in [0.15, 0.2) is 0 Å². The summed E-state index contributed by atoms with van der Waals surface area (Å²) in [7, 11) is 0. The number of allylic oxidation sites excluding steroid dienone is 2. The van der Waals surface area contributed by atoms with Gasteiger partial charge in [-0.15, -0.1) is 0 Å². The van der Waals surface area contributed by atoms with Gasteiger partial charge in [-0.1, -0.05) is 47.9 Å². The van der Waals surface area contributed by atoms with Crippen LogP contribution < -0.4 is 0 Å². The van der Waals surface area contributed by atoms with Crippen molar-refractivity contribution in [2.45, 2.75) is 46.0 Å². The molecule has 15 heavy (non-hydrogen) atoms. The Kier molecular flexibility index (Phi) is 2.46. The molecule has 0 bridgehead atoms. The maximum absolute atomic E-state index is 2.38. The highest BCUT2D eigenvalue weighted by molar-refractivity contribution is 5.41. The molecule has 1 unspecified atom stereocenters. The summed E-state index contributed by atoms with van der Waals surface area (Å²) in [6, 6.07) is 9.03. The maximum Gasteiger partial charge on any atom is 0.0136 e. The fourth-order valence-corrected chi connectivity index (χ4v) is 2.57. The lowest BCUT2D eigenvalue weighted by molar-refractivity contribution is 0.550. The van der Waals surface area contributed by atoms with E-state index in [-0.39, 0.29) is 5.41 Å². The van der Waals surface area contributed by atoms with E-state index in [2.05, 4.69) is 52.0 Å². The van der Waals surface area contributed by atoms with Gasteiger partial charge in [0.25, 0.3) is 0 Å². The lowest BCUT2D eigenvalue weighted by Gasteiger charge is -2.27. The van der Waals surface area contributed by atoms with Gasteiger partial charge in [-0.2, -0.15) is 0 Å². The molecule has 80 valence electrons. The van der Waals surface area contributed by atoms with E-state index in [1.165, 1.54) is 24.0 Å². The molecular formula is C15H20. The van der Waals surface area contributed by atoms with Crippen molar-refractivity contribution in [1.82, 2.24) is 0 Å². The lowest BCUT2D eigenvalue weighted by atomic mass is 9.77. The van der Waals surface area contributed by atoms with Gasteiger partial charge in [0.2, 0.25) is 0 Å². The molecule has 1 aromatic carbocycles. The summed E-state index contributed by atoms with van der Waals surface area (Å²) in [6.07, 6.45) is 2.53. The summed E-state index contributed by atoms with van der Waals surface area (Å²) in [5, 5.41) is 0. The van der Waals surface area contributed by atoms with Crippen molar-refractivity contribution in [2.75, 3.05) is 0 Å². The molecule has 0 saturated heterocycles. The van der Waals surface area contributed by atoms with E-state index in [0.29, 0.717) is 0 Å². The number of hydrogen-bond donors (Lipinski definition) is 0. The second-order valence-electron chi connectivity index (χ2n) is 5.10. The Morgan fingerprint density at radius 1 is 1.00 bits per heavy atom. The van der Waals surface area contributed by atoms with Crippen LogP contribution in [-0.2, 0) is 5.41 Å². The molecule has 0 aliphatic heterocycles. The van der Waals surface area contributed by atoms with Crippen molar-refractivity contribution in [2.24, 2.45) is 0 Å². The van der Waals surface area contributed by atoms with E-state index in [4.69, 9.17) is 0 Å². The van der Waals surface area contributed by atoms with Gasteiger partial charge < -0.3 is 0 Å². The van der Waals surface area contributed by atoms with Gasteiger partial charge in [0.1, 0.15) is 0 Å². The first-order chi connectivity index (χ1) is 7.04. The second kappa shape index (κ2) is 3.52. The van der Waals surface area contributed by atoms with Gasteiger partial charge in [-0.3, -0.25) is 0 Å². The fourth-order valence-electron chi connectivity index (χ4n) is 2.57. The van der Waals surface area contributed by atoms with Gasteiger partial charge in [-0.25, -0.2) is 0 Å². The number of hydrogen-bond acceptors (Lipinski definition) is 0. The molecule has 0 saturated carbocycles. The SMILES string of the molecule is CC1=C(C)C(C)(c2ccc(C)cc2)CC1. The summed E-state index contributed by atoms with van der Waals surface area (Å²) < 4.78 is 0. The fraction of sp³-hybridized carbons (Fsp3) is 0.467. The summed E-state index contributed by atoms with van der Waals surface area (Å²) >= 11 is 0. The zero-order valence-corrected chi connectivity index (χ0v) is 10.2. The van der Waals surface area contributed by atoms with Crippen molar-refractivity contribution in [3.8, 4) is 0 Å². The van der Waals surface area contributed by atoms with Crippen LogP contribution in [0.1, 0.15) is 44.7 Å². The minimum Gasteiger partial charge on any atom is -0.0735 e. The third-order valence-corrected chi connectivity index (χ3v) is 4.16. The van der Waals surface area contributed by atoms with Crippen LogP contribution in [0, 0.1) is 6.92 Å². The highest BCUT2D eigenvalue weighted by atomic mass is 14.4. The monoisotopic (exact) mass is 200 g/mol. The van der Waals surface area contributed by atoms with Crippen molar-refractivity contribution in [1.29, 1.82) is 0 Å². The molecule has 0 nitrogen and oxygen atoms in total. The quantitative estimate of drug-likeness (QED) is 0.590. The standard InChI is InChI=1S/C15H20/c1-11-5-7-14(8-6-11)15(4)10-9-12(2)13(15)3/h5-8H,9-10H2,1-4H3. The molecule has 2 rings (SSSR count). The van der Waals surface area contributed by atoms with E-state index in [1.807, 2.05) is 0 Å². The highest BCUT2D eigenvalue weighted by Crippen LogP contribution is 2.44. The Labute approximate surface area is 93.0 Å². The number of rotatable bonds is 1. The molecule has 1 aliphatic rings. The van der Waals surface area contributed by atoms with Gasteiger partial charge >= 0.3 is 0 Å². The van der Waals surface area contributed by atoms with Gasteiger partial charge in [0.05, 0.1) is 0 Å². The molecule has 1 aromatic rings. The molecule has 0 heterocycles. The van der Waals surface area contributed by atoms with Crippen LogP contribution in [0.15, 0.2) is 35.4 Å². The summed E-state index contributed by atoms with van der Waals surface area (Å²) in [5.74, 6) is 0. The first-order valence-corrected chi connectivity index (χ1v) is 5.78. The van der Waals surface area contributed by atoms with Crippen LogP contribution in [0.4, 0.5) is 0 Å². The Balaban J connectivity index is 2.43. The predicted octanol–water partition coefficient (Wildman–Crippen LogP) is 4.38. The summed E-state index contributed by atoms with van der Waals surface area (Å²) in [4.78, 5) is 0. The topological polar surface area (TPSA) is 0 Å². The minimum atomic E-state index is 0.289. The summed E-state index contributed by atoms with van der Waals surface area (Å²) in [5.41, 5.74) is 6.27. The third-order valence-electron chi connectivity index (χ3n) is 4.16. The van der Waals surface area contributed by atoms with Crippen molar-refractivity contribution in [3.63, 3.8) is 0 Å². The van der Waals surface area contributed by atoms with Crippen LogP contribution >= 0.6 is 0 Å². The number of benzene rings is 1. The predicted molar refractivity (Wildman–Crippen MR) is 66.1 cm³/mol. The van der Waals surface area contributed by atoms with Crippen LogP contribution in [-0.4, -0.2) is 0 Å². The molecule has 0 heteroatoms. The Bertz CT molecular complexity index is 395. The Hall–Kier alpha value is -1.04. The molecule has 1 atom stereocenters. The second-order valence-corrected chi connectivity index (χ2v) is 5.10. The number of aryl methyl sites for hydroxylation is 1. The minimum absolute atomic E-state index is 0.289. The zero-order chi connectivity index (χ0) is 11.1.